The van der Waals surface area contributed by atoms with Gasteiger partial charge in [0.1, 0.15) is 11.4 Å². The fraction of sp³-hybridized carbons (Fsp3) is 0.304. The molecule has 0 radical (unpaired) electrons. The molecule has 29 heavy (non-hydrogen) atoms. The van der Waals surface area contributed by atoms with Gasteiger partial charge < -0.3 is 9.64 Å². The van der Waals surface area contributed by atoms with Crippen molar-refractivity contribution in [3.63, 3.8) is 0 Å². The van der Waals surface area contributed by atoms with Crippen molar-refractivity contribution < 1.29 is 9.53 Å². The molecule has 0 saturated carbocycles. The van der Waals surface area contributed by atoms with Crippen LogP contribution in [-0.4, -0.2) is 46.0 Å². The molecule has 1 atom stereocenters. The molecule has 1 amide bonds. The number of carbonyl (C=O) groups is 1. The highest BCUT2D eigenvalue weighted by atomic mass is 16.5. The van der Waals surface area contributed by atoms with Crippen LogP contribution in [0.3, 0.4) is 0 Å². The van der Waals surface area contributed by atoms with E-state index >= 15 is 0 Å². The molecule has 0 bridgehead atoms. The zero-order valence-electron chi connectivity index (χ0n) is 16.7. The molecule has 6 nitrogen and oxygen atoms in total. The van der Waals surface area contributed by atoms with Crippen LogP contribution >= 0.6 is 0 Å². The third kappa shape index (κ3) is 4.26. The van der Waals surface area contributed by atoms with Gasteiger partial charge in [-0.25, -0.2) is 4.98 Å². The largest absolute Gasteiger partial charge is 0.497 e. The van der Waals surface area contributed by atoms with Crippen LogP contribution in [-0.2, 0) is 0 Å². The maximum atomic E-state index is 12.8. The lowest BCUT2D eigenvalue weighted by Gasteiger charge is -2.32. The van der Waals surface area contributed by atoms with E-state index in [1.165, 1.54) is 6.20 Å². The number of piperidine rings is 1. The topological polar surface area (TPSA) is 68.2 Å². The lowest BCUT2D eigenvalue weighted by molar-refractivity contribution is 0.0699. The fourth-order valence-electron chi connectivity index (χ4n) is 3.83. The van der Waals surface area contributed by atoms with E-state index in [9.17, 15) is 4.79 Å². The number of hydrogen-bond acceptors (Lipinski definition) is 5. The first-order chi connectivity index (χ1) is 14.1. The van der Waals surface area contributed by atoms with E-state index in [0.29, 0.717) is 12.2 Å². The summed E-state index contributed by atoms with van der Waals surface area (Å²) in [5.41, 5.74) is 4.66. The van der Waals surface area contributed by atoms with Gasteiger partial charge in [-0.3, -0.25) is 14.8 Å². The van der Waals surface area contributed by atoms with Crippen LogP contribution in [0.2, 0.25) is 0 Å². The van der Waals surface area contributed by atoms with Gasteiger partial charge in [-0.1, -0.05) is 12.1 Å². The van der Waals surface area contributed by atoms with Gasteiger partial charge in [0.05, 0.1) is 13.3 Å². The number of likely N-dealkylation sites (tertiary alicyclic amines) is 1. The third-order valence-electron chi connectivity index (χ3n) is 5.31. The van der Waals surface area contributed by atoms with Crippen molar-refractivity contribution in [1.82, 2.24) is 19.9 Å². The van der Waals surface area contributed by atoms with Gasteiger partial charge in [0.2, 0.25) is 0 Å². The van der Waals surface area contributed by atoms with E-state index in [0.717, 1.165) is 47.7 Å². The van der Waals surface area contributed by atoms with E-state index in [4.69, 9.17) is 9.72 Å². The minimum absolute atomic E-state index is 0.0640. The molecule has 1 fully saturated rings. The predicted molar refractivity (Wildman–Crippen MR) is 111 cm³/mol. The maximum absolute atomic E-state index is 12.8. The summed E-state index contributed by atoms with van der Waals surface area (Å²) in [4.78, 5) is 27.6. The van der Waals surface area contributed by atoms with Gasteiger partial charge in [-0.2, -0.15) is 0 Å². The van der Waals surface area contributed by atoms with Crippen molar-refractivity contribution in [2.45, 2.75) is 25.7 Å². The number of rotatable bonds is 4. The monoisotopic (exact) mass is 388 g/mol. The van der Waals surface area contributed by atoms with Crippen LogP contribution < -0.4 is 4.74 Å². The maximum Gasteiger partial charge on any atom is 0.274 e. The number of ether oxygens (including phenoxy) is 1. The van der Waals surface area contributed by atoms with Gasteiger partial charge >= 0.3 is 0 Å². The Bertz CT molecular complexity index is 990. The second kappa shape index (κ2) is 8.39. The molecule has 3 heterocycles. The van der Waals surface area contributed by atoms with Crippen LogP contribution in [0.25, 0.3) is 11.1 Å². The molecule has 2 aromatic heterocycles. The fourth-order valence-corrected chi connectivity index (χ4v) is 3.83. The molecule has 4 rings (SSSR count). The molecule has 1 unspecified atom stereocenters. The Balaban J connectivity index is 1.57. The zero-order chi connectivity index (χ0) is 20.2. The molecule has 1 aromatic carbocycles. The molecular formula is C23H24N4O2. The van der Waals surface area contributed by atoms with Gasteiger partial charge in [0.25, 0.3) is 5.91 Å². The second-order valence-electron chi connectivity index (χ2n) is 7.33. The summed E-state index contributed by atoms with van der Waals surface area (Å²) < 4.78 is 5.26. The minimum atomic E-state index is -0.0640. The first-order valence-electron chi connectivity index (χ1n) is 9.82. The Morgan fingerprint density at radius 3 is 2.69 bits per heavy atom. The number of amides is 1. The van der Waals surface area contributed by atoms with Crippen molar-refractivity contribution in [3.8, 4) is 16.9 Å². The highest BCUT2D eigenvalue weighted by Gasteiger charge is 2.27. The lowest BCUT2D eigenvalue weighted by atomic mass is 9.92. The summed E-state index contributed by atoms with van der Waals surface area (Å²) in [5.74, 6) is 0.984. The van der Waals surface area contributed by atoms with E-state index in [-0.39, 0.29) is 11.8 Å². The second-order valence-corrected chi connectivity index (χ2v) is 7.33. The van der Waals surface area contributed by atoms with Crippen LogP contribution in [0.5, 0.6) is 5.75 Å². The first-order valence-corrected chi connectivity index (χ1v) is 9.82. The molecule has 0 N–H and O–H groups in total. The number of benzene rings is 1. The summed E-state index contributed by atoms with van der Waals surface area (Å²) in [6.07, 6.45) is 6.62. The van der Waals surface area contributed by atoms with Gasteiger partial charge in [-0.15, -0.1) is 0 Å². The standard InChI is InChI=1S/C23H24N4O2/c1-16-12-19(17-5-7-20(29-2)8-6-17)13-21(26-16)18-4-3-11-27(15-18)23(28)22-14-24-9-10-25-22/h5-10,12-14,18H,3-4,11,15H2,1-2H3. The summed E-state index contributed by atoms with van der Waals surface area (Å²) in [6, 6.07) is 12.3. The Kier molecular flexibility index (Phi) is 5.51. The molecule has 3 aromatic rings. The first kappa shape index (κ1) is 19.1. The molecule has 148 valence electrons. The van der Waals surface area contributed by atoms with E-state index < -0.39 is 0 Å². The van der Waals surface area contributed by atoms with Crippen LogP contribution in [0.1, 0.15) is 40.6 Å². The SMILES string of the molecule is COc1ccc(-c2cc(C)nc(C3CCCN(C(=O)c4cnccn4)C3)c2)cc1. The van der Waals surface area contributed by atoms with E-state index in [2.05, 4.69) is 34.2 Å². The van der Waals surface area contributed by atoms with Crippen molar-refractivity contribution in [3.05, 3.63) is 72.1 Å². The van der Waals surface area contributed by atoms with E-state index in [1.54, 1.807) is 19.5 Å². The quantitative estimate of drug-likeness (QED) is 0.679. The van der Waals surface area contributed by atoms with Crippen molar-refractivity contribution in [1.29, 1.82) is 0 Å². The normalized spacial score (nSPS) is 16.5. The average Bonchev–Trinajstić information content (AvgIpc) is 2.79. The molecule has 0 spiro atoms. The summed E-state index contributed by atoms with van der Waals surface area (Å²) in [7, 11) is 1.67. The van der Waals surface area contributed by atoms with Gasteiger partial charge in [0.15, 0.2) is 0 Å². The van der Waals surface area contributed by atoms with Gasteiger partial charge in [0, 0.05) is 42.8 Å². The number of methoxy groups -OCH3 is 1. The zero-order valence-corrected chi connectivity index (χ0v) is 16.7. The Labute approximate surface area is 170 Å². The summed E-state index contributed by atoms with van der Waals surface area (Å²) >= 11 is 0. The average molecular weight is 388 g/mol. The molecular weight excluding hydrogens is 364 g/mol. The number of pyridine rings is 1. The molecule has 6 heteroatoms. The van der Waals surface area contributed by atoms with Crippen molar-refractivity contribution in [2.24, 2.45) is 0 Å². The number of carbonyl (C=O) groups excluding carboxylic acids is 1. The molecule has 1 saturated heterocycles. The Morgan fingerprint density at radius 2 is 1.97 bits per heavy atom. The highest BCUT2D eigenvalue weighted by molar-refractivity contribution is 5.92. The number of aryl methyl sites for hydroxylation is 1. The van der Waals surface area contributed by atoms with Crippen molar-refractivity contribution in [2.75, 3.05) is 20.2 Å². The summed E-state index contributed by atoms with van der Waals surface area (Å²) in [6.45, 7) is 3.40. The molecule has 1 aliphatic rings. The number of aromatic nitrogens is 3. The number of hydrogen-bond donors (Lipinski definition) is 0. The van der Waals surface area contributed by atoms with Crippen molar-refractivity contribution >= 4 is 5.91 Å². The highest BCUT2D eigenvalue weighted by Crippen LogP contribution is 2.30. The van der Waals surface area contributed by atoms with E-state index in [1.807, 2.05) is 24.0 Å². The molecule has 1 aliphatic heterocycles. The van der Waals surface area contributed by atoms with Crippen LogP contribution in [0.15, 0.2) is 55.0 Å². The van der Waals surface area contributed by atoms with Crippen LogP contribution in [0, 0.1) is 6.92 Å². The lowest BCUT2D eigenvalue weighted by Crippen LogP contribution is -2.39. The molecule has 0 aliphatic carbocycles. The predicted octanol–water partition coefficient (Wildman–Crippen LogP) is 3.88. The number of nitrogens with zero attached hydrogens (tertiary/aromatic N) is 4. The Morgan fingerprint density at radius 1 is 1.14 bits per heavy atom. The van der Waals surface area contributed by atoms with Crippen LogP contribution in [0.4, 0.5) is 0 Å². The summed E-state index contributed by atoms with van der Waals surface area (Å²) in [5, 5.41) is 0. The smallest absolute Gasteiger partial charge is 0.274 e. The van der Waals surface area contributed by atoms with Gasteiger partial charge in [-0.05, 0) is 55.2 Å². The third-order valence-corrected chi connectivity index (χ3v) is 5.31. The minimum Gasteiger partial charge on any atom is -0.497 e. The Hall–Kier alpha value is -3.28.